The quantitative estimate of drug-likeness (QED) is 0.867. The first kappa shape index (κ1) is 15.6. The van der Waals surface area contributed by atoms with Crippen molar-refractivity contribution in [2.75, 3.05) is 49.1 Å². The van der Waals surface area contributed by atoms with Gasteiger partial charge in [0.1, 0.15) is 18.0 Å². The average Bonchev–Trinajstić information content (AvgIpc) is 3.02. The zero-order chi connectivity index (χ0) is 16.6. The van der Waals surface area contributed by atoms with E-state index >= 15 is 0 Å². The fourth-order valence-electron chi connectivity index (χ4n) is 3.82. The summed E-state index contributed by atoms with van der Waals surface area (Å²) in [4.78, 5) is 25.4. The molecule has 7 heteroatoms. The van der Waals surface area contributed by atoms with E-state index in [4.69, 9.17) is 9.72 Å². The van der Waals surface area contributed by atoms with Crippen LogP contribution in [-0.2, 0) is 9.53 Å². The molecule has 3 aliphatic heterocycles. The fraction of sp³-hybridized carbons (Fsp3) is 0.706. The molecule has 1 spiro atoms. The van der Waals surface area contributed by atoms with E-state index in [0.29, 0.717) is 6.54 Å². The van der Waals surface area contributed by atoms with Crippen LogP contribution in [0.4, 0.5) is 11.8 Å². The molecule has 3 saturated heterocycles. The second kappa shape index (κ2) is 6.20. The SMILES string of the molecule is Cc1cc(N2CCC3(CNC(=O)CO3)C2)nc(N2CCCCC2)n1. The molecule has 24 heavy (non-hydrogen) atoms. The summed E-state index contributed by atoms with van der Waals surface area (Å²) in [6, 6.07) is 2.05. The molecule has 130 valence electrons. The summed E-state index contributed by atoms with van der Waals surface area (Å²) >= 11 is 0. The molecule has 0 saturated carbocycles. The molecule has 3 fully saturated rings. The molecule has 0 aromatic carbocycles. The van der Waals surface area contributed by atoms with Gasteiger partial charge in [-0.1, -0.05) is 0 Å². The maximum atomic E-state index is 11.3. The smallest absolute Gasteiger partial charge is 0.246 e. The van der Waals surface area contributed by atoms with E-state index in [1.165, 1.54) is 19.3 Å². The van der Waals surface area contributed by atoms with Crippen molar-refractivity contribution in [1.82, 2.24) is 15.3 Å². The number of ether oxygens (including phenoxy) is 1. The number of aromatic nitrogens is 2. The molecule has 1 aromatic heterocycles. The Morgan fingerprint density at radius 3 is 2.75 bits per heavy atom. The number of carbonyl (C=O) groups excluding carboxylic acids is 1. The number of hydrogen-bond acceptors (Lipinski definition) is 6. The Kier molecular flexibility index (Phi) is 4.04. The zero-order valence-electron chi connectivity index (χ0n) is 14.3. The van der Waals surface area contributed by atoms with Crippen molar-refractivity contribution < 1.29 is 9.53 Å². The number of nitrogens with zero attached hydrogens (tertiary/aromatic N) is 4. The van der Waals surface area contributed by atoms with Gasteiger partial charge in [-0.2, -0.15) is 4.98 Å². The Bertz CT molecular complexity index is 619. The Morgan fingerprint density at radius 1 is 1.17 bits per heavy atom. The van der Waals surface area contributed by atoms with Crippen molar-refractivity contribution in [3.63, 3.8) is 0 Å². The molecular formula is C17H25N5O2. The Morgan fingerprint density at radius 2 is 2.00 bits per heavy atom. The minimum atomic E-state index is -0.266. The van der Waals surface area contributed by atoms with Gasteiger partial charge in [0.15, 0.2) is 0 Å². The van der Waals surface area contributed by atoms with Gasteiger partial charge < -0.3 is 19.9 Å². The number of amides is 1. The van der Waals surface area contributed by atoms with E-state index in [-0.39, 0.29) is 18.1 Å². The zero-order valence-corrected chi connectivity index (χ0v) is 14.3. The van der Waals surface area contributed by atoms with Gasteiger partial charge in [0.25, 0.3) is 0 Å². The summed E-state index contributed by atoms with van der Waals surface area (Å²) in [6.07, 6.45) is 4.64. The van der Waals surface area contributed by atoms with Crippen LogP contribution in [0, 0.1) is 6.92 Å². The van der Waals surface area contributed by atoms with Crippen LogP contribution in [0.25, 0.3) is 0 Å². The molecule has 0 bridgehead atoms. The number of nitrogens with one attached hydrogen (secondary N) is 1. The third kappa shape index (κ3) is 3.05. The molecule has 4 rings (SSSR count). The number of aryl methyl sites for hydroxylation is 1. The summed E-state index contributed by atoms with van der Waals surface area (Å²) < 4.78 is 5.86. The van der Waals surface area contributed by atoms with Crippen LogP contribution in [0.2, 0.25) is 0 Å². The minimum Gasteiger partial charge on any atom is -0.361 e. The second-order valence-electron chi connectivity index (χ2n) is 7.14. The normalized spacial score (nSPS) is 27.6. The fourth-order valence-corrected chi connectivity index (χ4v) is 3.82. The number of piperidine rings is 1. The van der Waals surface area contributed by atoms with Crippen LogP contribution >= 0.6 is 0 Å². The van der Waals surface area contributed by atoms with E-state index in [1.807, 2.05) is 13.0 Å². The van der Waals surface area contributed by atoms with E-state index in [9.17, 15) is 4.79 Å². The van der Waals surface area contributed by atoms with E-state index < -0.39 is 0 Å². The van der Waals surface area contributed by atoms with Gasteiger partial charge in [-0.25, -0.2) is 4.98 Å². The average molecular weight is 331 g/mol. The van der Waals surface area contributed by atoms with Gasteiger partial charge in [-0.3, -0.25) is 4.79 Å². The van der Waals surface area contributed by atoms with Gasteiger partial charge in [-0.15, -0.1) is 0 Å². The minimum absolute atomic E-state index is 0.0238. The molecule has 7 nitrogen and oxygen atoms in total. The summed E-state index contributed by atoms with van der Waals surface area (Å²) in [7, 11) is 0. The molecule has 4 heterocycles. The van der Waals surface area contributed by atoms with Gasteiger partial charge in [0.05, 0.1) is 6.54 Å². The number of morpholine rings is 1. The standard InChI is InChI=1S/C17H25N5O2/c1-13-9-14(20-16(19-13)21-6-3-2-4-7-21)22-8-5-17(12-22)11-18-15(23)10-24-17/h9H,2-8,10-12H2,1H3,(H,18,23). The second-order valence-corrected chi connectivity index (χ2v) is 7.14. The highest BCUT2D eigenvalue weighted by Crippen LogP contribution is 2.31. The third-order valence-electron chi connectivity index (χ3n) is 5.23. The Balaban J connectivity index is 1.52. The first-order valence-corrected chi connectivity index (χ1v) is 8.90. The first-order chi connectivity index (χ1) is 11.6. The number of anilines is 2. The van der Waals surface area contributed by atoms with Gasteiger partial charge in [0, 0.05) is 37.9 Å². The maximum Gasteiger partial charge on any atom is 0.246 e. The molecule has 1 aromatic rings. The summed E-state index contributed by atoms with van der Waals surface area (Å²) in [5.74, 6) is 1.80. The predicted octanol–water partition coefficient (Wildman–Crippen LogP) is 0.871. The van der Waals surface area contributed by atoms with Gasteiger partial charge in [-0.05, 0) is 32.6 Å². The molecule has 1 amide bonds. The summed E-state index contributed by atoms with van der Waals surface area (Å²) in [5, 5.41) is 2.93. The van der Waals surface area contributed by atoms with Crippen molar-refractivity contribution in [2.24, 2.45) is 0 Å². The lowest BCUT2D eigenvalue weighted by atomic mass is 10.0. The largest absolute Gasteiger partial charge is 0.361 e. The topological polar surface area (TPSA) is 70.6 Å². The van der Waals surface area contributed by atoms with E-state index in [2.05, 4.69) is 20.1 Å². The van der Waals surface area contributed by atoms with Crippen LogP contribution in [0.5, 0.6) is 0 Å². The Hall–Kier alpha value is -1.89. The molecule has 0 radical (unpaired) electrons. The van der Waals surface area contributed by atoms with E-state index in [0.717, 1.165) is 50.1 Å². The van der Waals surface area contributed by atoms with Crippen LogP contribution in [0.3, 0.4) is 0 Å². The summed E-state index contributed by atoms with van der Waals surface area (Å²) in [6.45, 7) is 6.53. The molecule has 1 atom stereocenters. The van der Waals surface area contributed by atoms with Gasteiger partial charge >= 0.3 is 0 Å². The van der Waals surface area contributed by atoms with Crippen LogP contribution < -0.4 is 15.1 Å². The molecular weight excluding hydrogens is 306 g/mol. The molecule has 1 N–H and O–H groups in total. The third-order valence-corrected chi connectivity index (χ3v) is 5.23. The van der Waals surface area contributed by atoms with E-state index in [1.54, 1.807) is 0 Å². The lowest BCUT2D eigenvalue weighted by Gasteiger charge is -2.33. The maximum absolute atomic E-state index is 11.3. The van der Waals surface area contributed by atoms with Crippen molar-refractivity contribution in [3.8, 4) is 0 Å². The monoisotopic (exact) mass is 331 g/mol. The highest BCUT2D eigenvalue weighted by atomic mass is 16.5. The number of carbonyl (C=O) groups is 1. The highest BCUT2D eigenvalue weighted by Gasteiger charge is 2.42. The Labute approximate surface area is 142 Å². The summed E-state index contributed by atoms with van der Waals surface area (Å²) in [5.41, 5.74) is 0.734. The van der Waals surface area contributed by atoms with Gasteiger partial charge in [0.2, 0.25) is 11.9 Å². The molecule has 1 unspecified atom stereocenters. The predicted molar refractivity (Wildman–Crippen MR) is 91.4 cm³/mol. The van der Waals surface area contributed by atoms with Crippen molar-refractivity contribution >= 4 is 17.7 Å². The van der Waals surface area contributed by atoms with Crippen molar-refractivity contribution in [2.45, 2.75) is 38.2 Å². The molecule has 3 aliphatic rings. The number of hydrogen-bond donors (Lipinski definition) is 1. The molecule has 0 aliphatic carbocycles. The van der Waals surface area contributed by atoms with Crippen LogP contribution in [0.1, 0.15) is 31.4 Å². The lowest BCUT2D eigenvalue weighted by molar-refractivity contribution is -0.141. The van der Waals surface area contributed by atoms with Crippen LogP contribution in [-0.4, -0.2) is 60.8 Å². The highest BCUT2D eigenvalue weighted by molar-refractivity contribution is 5.78. The number of rotatable bonds is 2. The van der Waals surface area contributed by atoms with Crippen molar-refractivity contribution in [3.05, 3.63) is 11.8 Å². The lowest BCUT2D eigenvalue weighted by Crippen LogP contribution is -2.53. The van der Waals surface area contributed by atoms with Crippen LogP contribution in [0.15, 0.2) is 6.07 Å². The van der Waals surface area contributed by atoms with Crippen molar-refractivity contribution in [1.29, 1.82) is 0 Å². The first-order valence-electron chi connectivity index (χ1n) is 8.90.